The summed E-state index contributed by atoms with van der Waals surface area (Å²) in [7, 11) is 1.65. The van der Waals surface area contributed by atoms with Gasteiger partial charge in [0.2, 0.25) is 0 Å². The van der Waals surface area contributed by atoms with Gasteiger partial charge in [0.05, 0.1) is 31.0 Å². The number of ether oxygens (including phenoxy) is 2. The second kappa shape index (κ2) is 8.61. The third-order valence-corrected chi connectivity index (χ3v) is 5.73. The van der Waals surface area contributed by atoms with Crippen LogP contribution in [0.15, 0.2) is 67.1 Å². The smallest absolute Gasteiger partial charge is 0.274 e. The number of halogens is 1. The first-order valence-corrected chi connectivity index (χ1v) is 10.6. The van der Waals surface area contributed by atoms with Crippen molar-refractivity contribution in [2.24, 2.45) is 0 Å². The summed E-state index contributed by atoms with van der Waals surface area (Å²) >= 11 is 6.03. The average molecular weight is 449 g/mol. The molecular weight excluding hydrogens is 428 g/mol. The zero-order chi connectivity index (χ0) is 22.1. The lowest BCUT2D eigenvalue weighted by molar-refractivity contribution is -0.0248. The van der Waals surface area contributed by atoms with Gasteiger partial charge in [-0.15, -0.1) is 0 Å². The fourth-order valence-electron chi connectivity index (χ4n) is 3.81. The Hall–Kier alpha value is -3.42. The Morgan fingerprint density at radius 1 is 1.16 bits per heavy atom. The van der Waals surface area contributed by atoms with E-state index in [0.717, 1.165) is 22.6 Å². The molecule has 8 heteroatoms. The van der Waals surface area contributed by atoms with Crippen LogP contribution in [0.3, 0.4) is 0 Å². The lowest BCUT2D eigenvalue weighted by atomic mass is 10.1. The molecule has 0 aliphatic carbocycles. The quantitative estimate of drug-likeness (QED) is 0.466. The van der Waals surface area contributed by atoms with Gasteiger partial charge >= 0.3 is 0 Å². The predicted molar refractivity (Wildman–Crippen MR) is 121 cm³/mol. The maximum atomic E-state index is 13.1. The number of morpholine rings is 1. The van der Waals surface area contributed by atoms with Crippen LogP contribution in [0.5, 0.6) is 5.75 Å². The van der Waals surface area contributed by atoms with E-state index in [0.29, 0.717) is 36.1 Å². The van der Waals surface area contributed by atoms with E-state index < -0.39 is 0 Å². The van der Waals surface area contributed by atoms with E-state index in [-0.39, 0.29) is 12.0 Å². The summed E-state index contributed by atoms with van der Waals surface area (Å²) in [6.07, 6.45) is 4.96. The molecule has 7 nitrogen and oxygen atoms in total. The Morgan fingerprint density at radius 3 is 2.88 bits per heavy atom. The Kier molecular flexibility index (Phi) is 5.51. The Labute approximate surface area is 190 Å². The number of hydrogen-bond acceptors (Lipinski definition) is 5. The molecule has 1 saturated heterocycles. The molecule has 1 fully saturated rings. The second-order valence-corrected chi connectivity index (χ2v) is 7.99. The summed E-state index contributed by atoms with van der Waals surface area (Å²) in [5.41, 5.74) is 3.86. The summed E-state index contributed by atoms with van der Waals surface area (Å²) in [4.78, 5) is 23.9. The van der Waals surface area contributed by atoms with E-state index in [4.69, 9.17) is 21.1 Å². The van der Waals surface area contributed by atoms with Crippen LogP contribution in [0, 0.1) is 0 Å². The first-order chi connectivity index (χ1) is 15.6. The molecule has 4 heterocycles. The number of nitrogens with zero attached hydrogens (tertiary/aromatic N) is 4. The fourth-order valence-corrected chi connectivity index (χ4v) is 3.98. The summed E-state index contributed by atoms with van der Waals surface area (Å²) in [5.74, 6) is 0.664. The van der Waals surface area contributed by atoms with Crippen LogP contribution in [0.1, 0.15) is 22.3 Å². The van der Waals surface area contributed by atoms with Crippen LogP contribution in [-0.4, -0.2) is 52.0 Å². The van der Waals surface area contributed by atoms with E-state index in [9.17, 15) is 4.79 Å². The molecule has 0 N–H and O–H groups in total. The highest BCUT2D eigenvalue weighted by Crippen LogP contribution is 2.26. The van der Waals surface area contributed by atoms with E-state index in [2.05, 4.69) is 9.97 Å². The Bertz CT molecular complexity index is 1270. The number of hydrogen-bond donors (Lipinski definition) is 0. The molecular formula is C24H21ClN4O3. The van der Waals surface area contributed by atoms with Gasteiger partial charge in [-0.05, 0) is 35.9 Å². The molecule has 0 saturated carbocycles. The molecule has 1 unspecified atom stereocenters. The molecule has 5 rings (SSSR count). The molecule has 0 spiro atoms. The van der Waals surface area contributed by atoms with Crippen molar-refractivity contribution >= 4 is 23.2 Å². The topological polar surface area (TPSA) is 69.0 Å². The highest BCUT2D eigenvalue weighted by Gasteiger charge is 2.28. The fraction of sp³-hybridized carbons (Fsp3) is 0.208. The molecule has 0 radical (unpaired) electrons. The number of fused-ring (bicyclic) bond motifs is 1. The molecule has 162 valence electrons. The summed E-state index contributed by atoms with van der Waals surface area (Å²) < 4.78 is 13.0. The number of methoxy groups -OCH3 is 1. The number of carbonyl (C=O) groups is 1. The number of benzene rings is 1. The van der Waals surface area contributed by atoms with Gasteiger partial charge in [0.25, 0.3) is 5.91 Å². The Morgan fingerprint density at radius 2 is 2.06 bits per heavy atom. The van der Waals surface area contributed by atoms with Crippen molar-refractivity contribution < 1.29 is 14.3 Å². The molecule has 0 bridgehead atoms. The van der Waals surface area contributed by atoms with Crippen LogP contribution in [0.25, 0.3) is 16.8 Å². The zero-order valence-corrected chi connectivity index (χ0v) is 18.2. The number of amides is 1. The number of aromatic nitrogens is 3. The Balaban J connectivity index is 1.32. The molecule has 1 aliphatic rings. The van der Waals surface area contributed by atoms with Crippen molar-refractivity contribution in [3.05, 3.63) is 83.5 Å². The standard InChI is InChI=1S/C24H21ClN4O3/c1-31-19-4-2-3-16(11-19)17-5-7-20(26-12-17)22-15-28(9-10-32-22)24(30)21-14-29-13-18(25)6-8-23(29)27-21/h2-8,11-14,22H,9-10,15H2,1H3. The third kappa shape index (κ3) is 4.04. The van der Waals surface area contributed by atoms with Crippen LogP contribution in [0.4, 0.5) is 0 Å². The van der Waals surface area contributed by atoms with Gasteiger partial charge in [0.1, 0.15) is 23.2 Å². The average Bonchev–Trinajstić information content (AvgIpc) is 3.27. The summed E-state index contributed by atoms with van der Waals surface area (Å²) in [6.45, 7) is 1.36. The predicted octanol–water partition coefficient (Wildman–Crippen LogP) is 4.27. The summed E-state index contributed by atoms with van der Waals surface area (Å²) in [6, 6.07) is 15.3. The highest BCUT2D eigenvalue weighted by molar-refractivity contribution is 6.30. The monoisotopic (exact) mass is 448 g/mol. The molecule has 4 aromatic rings. The maximum Gasteiger partial charge on any atom is 0.274 e. The minimum atomic E-state index is -0.293. The van der Waals surface area contributed by atoms with Gasteiger partial charge in [-0.25, -0.2) is 4.98 Å². The van der Waals surface area contributed by atoms with Crippen molar-refractivity contribution in [3.63, 3.8) is 0 Å². The van der Waals surface area contributed by atoms with Gasteiger partial charge in [0.15, 0.2) is 0 Å². The van der Waals surface area contributed by atoms with Crippen LogP contribution >= 0.6 is 11.6 Å². The lowest BCUT2D eigenvalue weighted by Crippen LogP contribution is -2.42. The van der Waals surface area contributed by atoms with Crippen molar-refractivity contribution in [3.8, 4) is 16.9 Å². The lowest BCUT2D eigenvalue weighted by Gasteiger charge is -2.32. The molecule has 1 aliphatic heterocycles. The zero-order valence-electron chi connectivity index (χ0n) is 17.4. The minimum absolute atomic E-state index is 0.133. The third-order valence-electron chi connectivity index (χ3n) is 5.51. The molecule has 1 atom stereocenters. The SMILES string of the molecule is COc1cccc(-c2ccc(C3CN(C(=O)c4cn5cc(Cl)ccc5n4)CCO3)nc2)c1. The van der Waals surface area contributed by atoms with Crippen LogP contribution in [-0.2, 0) is 4.74 Å². The van der Waals surface area contributed by atoms with Crippen LogP contribution < -0.4 is 4.74 Å². The second-order valence-electron chi connectivity index (χ2n) is 7.55. The number of imidazole rings is 1. The van der Waals surface area contributed by atoms with Gasteiger partial charge in [0, 0.05) is 30.7 Å². The molecule has 3 aromatic heterocycles. The molecule has 1 aromatic carbocycles. The van der Waals surface area contributed by atoms with Crippen molar-refractivity contribution in [1.29, 1.82) is 0 Å². The number of rotatable bonds is 4. The van der Waals surface area contributed by atoms with Crippen molar-refractivity contribution in [1.82, 2.24) is 19.3 Å². The van der Waals surface area contributed by atoms with Gasteiger partial charge in [-0.3, -0.25) is 9.78 Å². The van der Waals surface area contributed by atoms with E-state index in [1.165, 1.54) is 0 Å². The van der Waals surface area contributed by atoms with Gasteiger partial charge in [-0.2, -0.15) is 0 Å². The number of carbonyl (C=O) groups excluding carboxylic acids is 1. The van der Waals surface area contributed by atoms with Crippen molar-refractivity contribution in [2.75, 3.05) is 26.8 Å². The normalized spacial score (nSPS) is 16.3. The highest BCUT2D eigenvalue weighted by atomic mass is 35.5. The van der Waals surface area contributed by atoms with E-state index >= 15 is 0 Å². The van der Waals surface area contributed by atoms with E-state index in [1.807, 2.05) is 42.6 Å². The molecule has 1 amide bonds. The van der Waals surface area contributed by atoms with Gasteiger partial charge in [-0.1, -0.05) is 29.8 Å². The van der Waals surface area contributed by atoms with E-state index in [1.54, 1.807) is 40.9 Å². The maximum absolute atomic E-state index is 13.1. The number of pyridine rings is 2. The minimum Gasteiger partial charge on any atom is -0.497 e. The van der Waals surface area contributed by atoms with Crippen molar-refractivity contribution in [2.45, 2.75) is 6.10 Å². The largest absolute Gasteiger partial charge is 0.497 e. The van der Waals surface area contributed by atoms with Gasteiger partial charge < -0.3 is 18.8 Å². The summed E-state index contributed by atoms with van der Waals surface area (Å²) in [5, 5.41) is 0.587. The molecule has 32 heavy (non-hydrogen) atoms. The first-order valence-electron chi connectivity index (χ1n) is 10.3. The van der Waals surface area contributed by atoms with Crippen LogP contribution in [0.2, 0.25) is 5.02 Å². The first kappa shape index (κ1) is 20.5.